The molecule has 0 bridgehead atoms. The van der Waals surface area contributed by atoms with Crippen molar-refractivity contribution in [3.8, 4) is 0 Å². The summed E-state index contributed by atoms with van der Waals surface area (Å²) in [7, 11) is -4.14. The van der Waals surface area contributed by atoms with Crippen molar-refractivity contribution in [3.63, 3.8) is 0 Å². The Morgan fingerprint density at radius 1 is 1.39 bits per heavy atom. The van der Waals surface area contributed by atoms with E-state index in [9.17, 15) is 17.6 Å². The first-order valence-electron chi connectivity index (χ1n) is 5.47. The summed E-state index contributed by atoms with van der Waals surface area (Å²) in [6.07, 6.45) is 1.18. The van der Waals surface area contributed by atoms with Crippen molar-refractivity contribution in [3.05, 3.63) is 29.6 Å². The molecule has 1 aliphatic heterocycles. The molecule has 5 nitrogen and oxygen atoms in total. The van der Waals surface area contributed by atoms with Crippen LogP contribution in [0.15, 0.2) is 23.1 Å². The lowest BCUT2D eigenvalue weighted by Gasteiger charge is -2.17. The predicted octanol–water partition coefficient (Wildman–Crippen LogP) is 0.596. The van der Waals surface area contributed by atoms with Gasteiger partial charge in [0.1, 0.15) is 10.7 Å². The maximum atomic E-state index is 13.6. The highest BCUT2D eigenvalue weighted by atomic mass is 32.2. The van der Waals surface area contributed by atoms with Crippen LogP contribution >= 0.6 is 0 Å². The first-order chi connectivity index (χ1) is 8.39. The smallest absolute Gasteiger partial charge is 0.241 e. The fourth-order valence-corrected chi connectivity index (χ4v) is 2.91. The van der Waals surface area contributed by atoms with Gasteiger partial charge in [-0.3, -0.25) is 4.79 Å². The molecular weight excluding hydrogens is 259 g/mol. The number of nitrogens with zero attached hydrogens (tertiary/aromatic N) is 1. The average molecular weight is 272 g/mol. The number of halogens is 1. The lowest BCUT2D eigenvalue weighted by molar-refractivity contribution is -0.128. The van der Waals surface area contributed by atoms with Crippen molar-refractivity contribution < 1.29 is 17.6 Å². The number of likely N-dealkylation sites (tertiary alicyclic amines) is 1. The van der Waals surface area contributed by atoms with Crippen LogP contribution in [-0.2, 0) is 21.4 Å². The van der Waals surface area contributed by atoms with Gasteiger partial charge in [-0.25, -0.2) is 17.9 Å². The Hall–Kier alpha value is -1.47. The summed E-state index contributed by atoms with van der Waals surface area (Å²) in [5, 5.41) is 5.00. The zero-order chi connectivity index (χ0) is 13.3. The van der Waals surface area contributed by atoms with Crippen molar-refractivity contribution >= 4 is 15.9 Å². The number of carbonyl (C=O) groups excluding carboxylic acids is 1. The van der Waals surface area contributed by atoms with Crippen molar-refractivity contribution in [1.82, 2.24) is 4.90 Å². The maximum absolute atomic E-state index is 13.6. The summed E-state index contributed by atoms with van der Waals surface area (Å²) in [6.45, 7) is 0.627. The van der Waals surface area contributed by atoms with E-state index in [-0.39, 0.29) is 18.0 Å². The van der Waals surface area contributed by atoms with Gasteiger partial charge in [0, 0.05) is 19.5 Å². The summed E-state index contributed by atoms with van der Waals surface area (Å²) in [6, 6.07) is 3.91. The minimum absolute atomic E-state index is 0.0559. The molecule has 1 saturated heterocycles. The Balaban J connectivity index is 2.39. The summed E-state index contributed by atoms with van der Waals surface area (Å²) >= 11 is 0. The lowest BCUT2D eigenvalue weighted by atomic mass is 10.2. The number of primary sulfonamides is 1. The van der Waals surface area contributed by atoms with Gasteiger partial charge in [-0.2, -0.15) is 0 Å². The fraction of sp³-hybridized carbons (Fsp3) is 0.364. The van der Waals surface area contributed by atoms with E-state index in [4.69, 9.17) is 5.14 Å². The quantitative estimate of drug-likeness (QED) is 0.874. The molecule has 1 aromatic carbocycles. The molecule has 98 valence electrons. The second-order valence-electron chi connectivity index (χ2n) is 4.19. The lowest BCUT2D eigenvalue weighted by Crippen LogP contribution is -2.26. The average Bonchev–Trinajstić information content (AvgIpc) is 2.62. The van der Waals surface area contributed by atoms with Crippen LogP contribution in [0.25, 0.3) is 0 Å². The van der Waals surface area contributed by atoms with Gasteiger partial charge in [0.05, 0.1) is 0 Å². The van der Waals surface area contributed by atoms with Crippen molar-refractivity contribution in [1.29, 1.82) is 0 Å². The van der Waals surface area contributed by atoms with Crippen LogP contribution in [-0.4, -0.2) is 25.8 Å². The molecule has 0 aromatic heterocycles. The monoisotopic (exact) mass is 272 g/mol. The molecule has 1 aliphatic rings. The third kappa shape index (κ3) is 2.51. The second kappa shape index (κ2) is 4.66. The normalized spacial score (nSPS) is 16.3. The van der Waals surface area contributed by atoms with E-state index in [1.54, 1.807) is 0 Å². The van der Waals surface area contributed by atoms with Gasteiger partial charge in [-0.05, 0) is 18.1 Å². The van der Waals surface area contributed by atoms with Gasteiger partial charge in [0.15, 0.2) is 0 Å². The molecule has 0 atom stereocenters. The molecule has 0 aliphatic carbocycles. The standard InChI is InChI=1S/C11H13FN2O3S/c12-9-4-1-3-8(11(9)18(13,16)17)7-14-6-2-5-10(14)15/h1,3-4H,2,5-7H2,(H2,13,16,17). The van der Waals surface area contributed by atoms with E-state index in [1.807, 2.05) is 0 Å². The molecule has 18 heavy (non-hydrogen) atoms. The highest BCUT2D eigenvalue weighted by Gasteiger charge is 2.25. The topological polar surface area (TPSA) is 80.5 Å². The third-order valence-electron chi connectivity index (χ3n) is 2.87. The maximum Gasteiger partial charge on any atom is 0.241 e. The van der Waals surface area contributed by atoms with Crippen LogP contribution in [0.4, 0.5) is 4.39 Å². The largest absolute Gasteiger partial charge is 0.338 e. The molecule has 1 amide bonds. The Kier molecular flexibility index (Phi) is 3.36. The van der Waals surface area contributed by atoms with Gasteiger partial charge in [-0.15, -0.1) is 0 Å². The molecule has 2 N–H and O–H groups in total. The highest BCUT2D eigenvalue weighted by molar-refractivity contribution is 7.89. The number of hydrogen-bond donors (Lipinski definition) is 1. The van der Waals surface area contributed by atoms with Gasteiger partial charge >= 0.3 is 0 Å². The molecule has 1 heterocycles. The number of amides is 1. The molecule has 0 saturated carbocycles. The van der Waals surface area contributed by atoms with E-state index in [1.165, 1.54) is 17.0 Å². The van der Waals surface area contributed by atoms with E-state index >= 15 is 0 Å². The number of benzene rings is 1. The summed E-state index contributed by atoms with van der Waals surface area (Å²) in [5.74, 6) is -0.943. The van der Waals surface area contributed by atoms with E-state index in [2.05, 4.69) is 0 Å². The molecule has 0 spiro atoms. The van der Waals surface area contributed by atoms with Crippen LogP contribution < -0.4 is 5.14 Å². The second-order valence-corrected chi connectivity index (χ2v) is 5.69. The predicted molar refractivity (Wildman–Crippen MR) is 62.4 cm³/mol. The van der Waals surface area contributed by atoms with Crippen LogP contribution in [0.1, 0.15) is 18.4 Å². The number of carbonyl (C=O) groups is 1. The third-order valence-corrected chi connectivity index (χ3v) is 3.89. The molecule has 0 unspecified atom stereocenters. The minimum Gasteiger partial charge on any atom is -0.338 e. The summed E-state index contributed by atoms with van der Waals surface area (Å²) < 4.78 is 36.3. The minimum atomic E-state index is -4.14. The van der Waals surface area contributed by atoms with E-state index in [0.717, 1.165) is 12.5 Å². The Labute approximate surface area is 104 Å². The van der Waals surface area contributed by atoms with Gasteiger partial charge in [-0.1, -0.05) is 12.1 Å². The van der Waals surface area contributed by atoms with Crippen LogP contribution in [0.5, 0.6) is 0 Å². The number of sulfonamides is 1. The SMILES string of the molecule is NS(=O)(=O)c1c(F)cccc1CN1CCCC1=O. The number of nitrogens with two attached hydrogens (primary N) is 1. The molecule has 7 heteroatoms. The number of hydrogen-bond acceptors (Lipinski definition) is 3. The molecular formula is C11H13FN2O3S. The zero-order valence-electron chi connectivity index (χ0n) is 9.60. The first kappa shape index (κ1) is 13.0. The summed E-state index contributed by atoms with van der Waals surface area (Å²) in [5.41, 5.74) is 0.216. The van der Waals surface area contributed by atoms with Gasteiger partial charge < -0.3 is 4.90 Å². The van der Waals surface area contributed by atoms with Gasteiger partial charge in [0.25, 0.3) is 0 Å². The van der Waals surface area contributed by atoms with Crippen molar-refractivity contribution in [2.24, 2.45) is 5.14 Å². The molecule has 1 aromatic rings. The Morgan fingerprint density at radius 2 is 2.11 bits per heavy atom. The molecule has 1 fully saturated rings. The van der Waals surface area contributed by atoms with Crippen molar-refractivity contribution in [2.45, 2.75) is 24.3 Å². The van der Waals surface area contributed by atoms with Gasteiger partial charge in [0.2, 0.25) is 15.9 Å². The van der Waals surface area contributed by atoms with Crippen LogP contribution in [0.2, 0.25) is 0 Å². The van der Waals surface area contributed by atoms with Crippen LogP contribution in [0.3, 0.4) is 0 Å². The zero-order valence-corrected chi connectivity index (χ0v) is 10.4. The van der Waals surface area contributed by atoms with E-state index < -0.39 is 20.7 Å². The first-order valence-corrected chi connectivity index (χ1v) is 7.02. The highest BCUT2D eigenvalue weighted by Crippen LogP contribution is 2.22. The Bertz CT molecular complexity index is 586. The Morgan fingerprint density at radius 3 is 2.67 bits per heavy atom. The van der Waals surface area contributed by atoms with E-state index in [0.29, 0.717) is 13.0 Å². The molecule has 2 rings (SSSR count). The molecule has 0 radical (unpaired) electrons. The number of rotatable bonds is 3. The summed E-state index contributed by atoms with van der Waals surface area (Å²) in [4.78, 5) is 12.5. The van der Waals surface area contributed by atoms with Crippen LogP contribution in [0, 0.1) is 5.82 Å². The van der Waals surface area contributed by atoms with Crippen molar-refractivity contribution in [2.75, 3.05) is 6.54 Å². The fourth-order valence-electron chi connectivity index (χ4n) is 2.07.